The summed E-state index contributed by atoms with van der Waals surface area (Å²) in [7, 11) is 3.68. The molecule has 0 bridgehead atoms. The van der Waals surface area contributed by atoms with Crippen LogP contribution in [0.15, 0.2) is 23.2 Å². The number of hydrogen-bond donors (Lipinski definition) is 0. The summed E-state index contributed by atoms with van der Waals surface area (Å²) < 4.78 is 5.09. The zero-order chi connectivity index (χ0) is 13.0. The first kappa shape index (κ1) is 12.8. The third-order valence-corrected chi connectivity index (χ3v) is 3.32. The van der Waals surface area contributed by atoms with Gasteiger partial charge in [0, 0.05) is 17.8 Å². The van der Waals surface area contributed by atoms with E-state index in [4.69, 9.17) is 4.74 Å². The summed E-state index contributed by atoms with van der Waals surface area (Å²) in [6.45, 7) is 1.11. The number of carbonyl (C=O) groups is 1. The van der Waals surface area contributed by atoms with Crippen LogP contribution in [0.3, 0.4) is 0 Å². The molecule has 1 saturated heterocycles. The molecule has 18 heavy (non-hydrogen) atoms. The van der Waals surface area contributed by atoms with Gasteiger partial charge in [0.25, 0.3) is 0 Å². The van der Waals surface area contributed by atoms with Gasteiger partial charge in [0.05, 0.1) is 12.8 Å². The predicted molar refractivity (Wildman–Crippen MR) is 72.2 cm³/mol. The second kappa shape index (κ2) is 5.78. The summed E-state index contributed by atoms with van der Waals surface area (Å²) >= 11 is 0. The second-order valence-electron chi connectivity index (χ2n) is 4.51. The number of nitrogens with zero attached hydrogens (tertiary/aromatic N) is 2. The zero-order valence-corrected chi connectivity index (χ0v) is 10.8. The van der Waals surface area contributed by atoms with Gasteiger partial charge >= 0.3 is 0 Å². The SMILES string of the molecule is COc1ccc(N=CC2CCCN2C)c(C=O)c1. The molecule has 1 atom stereocenters. The fourth-order valence-corrected chi connectivity index (χ4v) is 2.16. The maximum atomic E-state index is 11.0. The van der Waals surface area contributed by atoms with E-state index in [1.807, 2.05) is 18.3 Å². The summed E-state index contributed by atoms with van der Waals surface area (Å²) in [5.41, 5.74) is 1.26. The van der Waals surface area contributed by atoms with Crippen molar-refractivity contribution in [2.45, 2.75) is 18.9 Å². The molecule has 0 N–H and O–H groups in total. The molecule has 96 valence electrons. The number of likely N-dealkylation sites (tertiary alicyclic amines) is 1. The van der Waals surface area contributed by atoms with E-state index in [-0.39, 0.29) is 0 Å². The maximum absolute atomic E-state index is 11.0. The fourth-order valence-electron chi connectivity index (χ4n) is 2.16. The highest BCUT2D eigenvalue weighted by atomic mass is 16.5. The lowest BCUT2D eigenvalue weighted by atomic mass is 10.2. The highest BCUT2D eigenvalue weighted by Crippen LogP contribution is 2.23. The molecule has 1 aliphatic heterocycles. The van der Waals surface area contributed by atoms with Crippen LogP contribution in [-0.2, 0) is 0 Å². The molecule has 0 amide bonds. The van der Waals surface area contributed by atoms with Gasteiger partial charge in [0.1, 0.15) is 5.75 Å². The average Bonchev–Trinajstić information content (AvgIpc) is 2.81. The van der Waals surface area contributed by atoms with Crippen molar-refractivity contribution in [2.24, 2.45) is 4.99 Å². The van der Waals surface area contributed by atoms with Crippen LogP contribution in [-0.4, -0.2) is 44.1 Å². The standard InChI is InChI=1S/C14H18N2O2/c1-16-7-3-4-12(16)9-15-14-6-5-13(18-2)8-11(14)10-17/h5-6,8-10,12H,3-4,7H2,1-2H3. The van der Waals surface area contributed by atoms with Crippen molar-refractivity contribution in [3.05, 3.63) is 23.8 Å². The lowest BCUT2D eigenvalue weighted by Crippen LogP contribution is -2.25. The van der Waals surface area contributed by atoms with Gasteiger partial charge in [0.15, 0.2) is 6.29 Å². The van der Waals surface area contributed by atoms with Crippen molar-refractivity contribution in [2.75, 3.05) is 20.7 Å². The van der Waals surface area contributed by atoms with Gasteiger partial charge in [-0.05, 0) is 44.6 Å². The molecule has 1 aliphatic rings. The van der Waals surface area contributed by atoms with E-state index in [1.54, 1.807) is 13.2 Å². The van der Waals surface area contributed by atoms with Crippen LogP contribution < -0.4 is 4.74 Å². The van der Waals surface area contributed by atoms with E-state index in [2.05, 4.69) is 16.9 Å². The second-order valence-corrected chi connectivity index (χ2v) is 4.51. The van der Waals surface area contributed by atoms with Gasteiger partial charge in [-0.3, -0.25) is 14.7 Å². The minimum absolute atomic E-state index is 0.381. The third-order valence-electron chi connectivity index (χ3n) is 3.32. The van der Waals surface area contributed by atoms with Crippen LogP contribution in [0.25, 0.3) is 0 Å². The van der Waals surface area contributed by atoms with E-state index in [1.165, 1.54) is 6.42 Å². The highest BCUT2D eigenvalue weighted by Gasteiger charge is 2.18. The Bertz CT molecular complexity index is 457. The molecule has 0 aromatic heterocycles. The van der Waals surface area contributed by atoms with Crippen LogP contribution in [0.1, 0.15) is 23.2 Å². The minimum atomic E-state index is 0.381. The summed E-state index contributed by atoms with van der Waals surface area (Å²) in [6, 6.07) is 5.72. The summed E-state index contributed by atoms with van der Waals surface area (Å²) in [6.07, 6.45) is 5.08. The molecule has 2 rings (SSSR count). The molecule has 4 nitrogen and oxygen atoms in total. The molecule has 0 radical (unpaired) electrons. The molecule has 1 heterocycles. The van der Waals surface area contributed by atoms with Crippen LogP contribution in [0.4, 0.5) is 5.69 Å². The molecular formula is C14H18N2O2. The largest absolute Gasteiger partial charge is 0.497 e. The summed E-state index contributed by atoms with van der Waals surface area (Å²) in [4.78, 5) is 17.7. The molecule has 0 saturated carbocycles. The molecular weight excluding hydrogens is 228 g/mol. The molecule has 0 aliphatic carbocycles. The number of rotatable bonds is 4. The van der Waals surface area contributed by atoms with Crippen molar-refractivity contribution >= 4 is 18.2 Å². The van der Waals surface area contributed by atoms with Crippen LogP contribution in [0, 0.1) is 0 Å². The Morgan fingerprint density at radius 2 is 2.33 bits per heavy atom. The summed E-state index contributed by atoms with van der Waals surface area (Å²) in [5, 5.41) is 0. The van der Waals surface area contributed by atoms with Gasteiger partial charge in [-0.15, -0.1) is 0 Å². The number of hydrogen-bond acceptors (Lipinski definition) is 4. The van der Waals surface area contributed by atoms with Crippen molar-refractivity contribution in [1.82, 2.24) is 4.90 Å². The Balaban J connectivity index is 2.17. The van der Waals surface area contributed by atoms with E-state index in [0.29, 0.717) is 23.0 Å². The maximum Gasteiger partial charge on any atom is 0.152 e. The van der Waals surface area contributed by atoms with Crippen LogP contribution in [0.5, 0.6) is 5.75 Å². The van der Waals surface area contributed by atoms with Crippen LogP contribution in [0.2, 0.25) is 0 Å². The Morgan fingerprint density at radius 3 is 2.94 bits per heavy atom. The number of benzene rings is 1. The van der Waals surface area contributed by atoms with Crippen molar-refractivity contribution in [3.63, 3.8) is 0 Å². The molecule has 1 fully saturated rings. The molecule has 4 heteroatoms. The van der Waals surface area contributed by atoms with Gasteiger partial charge in [-0.25, -0.2) is 0 Å². The molecule has 1 aromatic rings. The fraction of sp³-hybridized carbons (Fsp3) is 0.429. The minimum Gasteiger partial charge on any atom is -0.497 e. The van der Waals surface area contributed by atoms with Gasteiger partial charge < -0.3 is 4.74 Å². The van der Waals surface area contributed by atoms with E-state index in [9.17, 15) is 4.79 Å². The number of aliphatic imine (C=N–C) groups is 1. The van der Waals surface area contributed by atoms with Crippen molar-refractivity contribution in [3.8, 4) is 5.75 Å². The van der Waals surface area contributed by atoms with Gasteiger partial charge in [-0.2, -0.15) is 0 Å². The monoisotopic (exact) mass is 246 g/mol. The average molecular weight is 246 g/mol. The van der Waals surface area contributed by atoms with Crippen molar-refractivity contribution < 1.29 is 9.53 Å². The quantitative estimate of drug-likeness (QED) is 0.604. The van der Waals surface area contributed by atoms with Gasteiger partial charge in [-0.1, -0.05) is 0 Å². The van der Waals surface area contributed by atoms with Crippen molar-refractivity contribution in [1.29, 1.82) is 0 Å². The first-order valence-corrected chi connectivity index (χ1v) is 6.12. The Morgan fingerprint density at radius 1 is 1.50 bits per heavy atom. The number of aldehydes is 1. The lowest BCUT2D eigenvalue weighted by molar-refractivity contribution is 0.112. The highest BCUT2D eigenvalue weighted by molar-refractivity contribution is 5.85. The molecule has 0 spiro atoms. The topological polar surface area (TPSA) is 41.9 Å². The Labute approximate surface area is 107 Å². The lowest BCUT2D eigenvalue weighted by Gasteiger charge is -2.14. The molecule has 1 unspecified atom stereocenters. The first-order valence-electron chi connectivity index (χ1n) is 6.12. The normalized spacial score (nSPS) is 20.4. The number of ether oxygens (including phenoxy) is 1. The predicted octanol–water partition coefficient (Wildman–Crippen LogP) is 2.30. The van der Waals surface area contributed by atoms with E-state index < -0.39 is 0 Å². The van der Waals surface area contributed by atoms with E-state index in [0.717, 1.165) is 19.3 Å². The number of methoxy groups -OCH3 is 1. The van der Waals surface area contributed by atoms with Gasteiger partial charge in [0.2, 0.25) is 0 Å². The smallest absolute Gasteiger partial charge is 0.152 e. The van der Waals surface area contributed by atoms with Crippen LogP contribution >= 0.6 is 0 Å². The Hall–Kier alpha value is -1.68. The summed E-state index contributed by atoms with van der Waals surface area (Å²) in [5.74, 6) is 0.675. The zero-order valence-electron chi connectivity index (χ0n) is 10.8. The third kappa shape index (κ3) is 2.76. The first-order chi connectivity index (χ1) is 8.74. The Kier molecular flexibility index (Phi) is 4.10. The van der Waals surface area contributed by atoms with E-state index >= 15 is 0 Å². The molecule has 1 aromatic carbocycles. The number of carbonyl (C=O) groups excluding carboxylic acids is 1.